The molecule has 0 aromatic heterocycles. The van der Waals surface area contributed by atoms with Crippen molar-refractivity contribution in [2.45, 2.75) is 0 Å². The van der Waals surface area contributed by atoms with Gasteiger partial charge < -0.3 is 22.9 Å². The average Bonchev–Trinajstić information content (AvgIpc) is 1.88. The summed E-state index contributed by atoms with van der Waals surface area (Å²) in [6.45, 7) is 0.944. The Morgan fingerprint density at radius 2 is 0.667 bits per heavy atom. The van der Waals surface area contributed by atoms with E-state index in [1.54, 1.807) is 0 Å². The van der Waals surface area contributed by atoms with E-state index in [4.69, 9.17) is 22.9 Å². The molecule has 4 N–H and O–H groups in total. The molecule has 0 unspecified atom stereocenters. The van der Waals surface area contributed by atoms with E-state index in [1.807, 2.05) is 0 Å². The summed E-state index contributed by atoms with van der Waals surface area (Å²) in [7, 11) is 0. The van der Waals surface area contributed by atoms with Crippen LogP contribution in [-0.2, 0) is 22.4 Å². The number of hydrogen-bond acceptors (Lipinski definition) is 0. The molecule has 60 valence electrons. The van der Waals surface area contributed by atoms with Crippen LogP contribution in [0.25, 0.3) is 22.9 Å². The second-order valence-corrected chi connectivity index (χ2v) is 1.000. The molecule has 0 atom stereocenters. The van der Waals surface area contributed by atoms with Crippen LogP contribution in [-0.4, -0.2) is 26.2 Å². The molecule has 0 fully saturated rings. The van der Waals surface area contributed by atoms with E-state index >= 15 is 0 Å². The number of nitrogens with one attached hydrogen (secondary N) is 4. The van der Waals surface area contributed by atoms with E-state index in [2.05, 4.69) is 0 Å². The van der Waals surface area contributed by atoms with Gasteiger partial charge in [-0.25, -0.2) is 0 Å². The van der Waals surface area contributed by atoms with Gasteiger partial charge in [0, 0.05) is 0 Å². The average molecular weight is 313 g/mol. The third kappa shape index (κ3) is 55.8. The Morgan fingerprint density at radius 1 is 0.556 bits per heavy atom. The molecular weight excluding hydrogens is 301 g/mol. The van der Waals surface area contributed by atoms with Crippen LogP contribution in [0.15, 0.2) is 0 Å². The molecule has 0 aliphatic heterocycles. The molecule has 4 nitrogen and oxygen atoms in total. The van der Waals surface area contributed by atoms with Crippen molar-refractivity contribution in [1.82, 2.24) is 0 Å². The molecular formula is C4H12AuN4-. The van der Waals surface area contributed by atoms with Gasteiger partial charge in [-0.1, -0.05) is 0 Å². The van der Waals surface area contributed by atoms with Gasteiger partial charge in [0.2, 0.25) is 0 Å². The van der Waals surface area contributed by atoms with Gasteiger partial charge in [0.1, 0.15) is 0 Å². The van der Waals surface area contributed by atoms with Crippen molar-refractivity contribution < 1.29 is 22.4 Å². The Morgan fingerprint density at radius 3 is 0.667 bits per heavy atom. The molecule has 0 aromatic carbocycles. The molecule has 0 saturated heterocycles. The van der Waals surface area contributed by atoms with Crippen molar-refractivity contribution in [2.75, 3.05) is 26.2 Å². The fourth-order valence-corrected chi connectivity index (χ4v) is 0. The molecule has 0 spiro atoms. The maximum Gasteiger partial charge on any atom is 3.00 e. The summed E-state index contributed by atoms with van der Waals surface area (Å²) in [4.78, 5) is 0. The van der Waals surface area contributed by atoms with Gasteiger partial charge in [0.15, 0.2) is 0 Å². The molecule has 9 heavy (non-hydrogen) atoms. The minimum absolute atomic E-state index is 0. The van der Waals surface area contributed by atoms with E-state index in [0.29, 0.717) is 0 Å². The SMILES string of the molecule is [Au+3].[NH-]CC[NH-].[NH-]CC[NH-]. The summed E-state index contributed by atoms with van der Waals surface area (Å²) in [5.74, 6) is 0. The third-order valence-electron chi connectivity index (χ3n) is 0.250. The summed E-state index contributed by atoms with van der Waals surface area (Å²) in [5, 5.41) is 0. The van der Waals surface area contributed by atoms with Crippen LogP contribution in [0.1, 0.15) is 0 Å². The Hall–Kier alpha value is 0.580. The molecule has 0 saturated carbocycles. The van der Waals surface area contributed by atoms with Gasteiger partial charge in [0.05, 0.1) is 0 Å². The van der Waals surface area contributed by atoms with Crippen LogP contribution in [0.2, 0.25) is 0 Å². The van der Waals surface area contributed by atoms with E-state index in [9.17, 15) is 0 Å². The normalized spacial score (nSPS) is 6.67. The molecule has 0 bridgehead atoms. The number of hydrogen-bond donors (Lipinski definition) is 0. The topological polar surface area (TPSA) is 95.2 Å². The first-order chi connectivity index (χ1) is 3.83. The summed E-state index contributed by atoms with van der Waals surface area (Å²) in [6.07, 6.45) is 0. The van der Waals surface area contributed by atoms with Crippen molar-refractivity contribution in [1.29, 1.82) is 0 Å². The van der Waals surface area contributed by atoms with E-state index < -0.39 is 0 Å². The molecule has 0 rings (SSSR count). The third-order valence-corrected chi connectivity index (χ3v) is 0.250. The van der Waals surface area contributed by atoms with E-state index in [0.717, 1.165) is 0 Å². The van der Waals surface area contributed by atoms with E-state index in [1.165, 1.54) is 0 Å². The van der Waals surface area contributed by atoms with Crippen LogP contribution in [0.3, 0.4) is 0 Å². The predicted octanol–water partition coefficient (Wildman–Crippen LogP) is 2.18. The summed E-state index contributed by atoms with van der Waals surface area (Å²) in [6, 6.07) is 0. The monoisotopic (exact) mass is 313 g/mol. The van der Waals surface area contributed by atoms with Crippen molar-refractivity contribution in [3.8, 4) is 0 Å². The quantitative estimate of drug-likeness (QED) is 0.699. The van der Waals surface area contributed by atoms with Gasteiger partial charge >= 0.3 is 22.4 Å². The summed E-state index contributed by atoms with van der Waals surface area (Å²) in [5.41, 5.74) is 25.1. The molecule has 0 aromatic rings. The van der Waals surface area contributed by atoms with Crippen LogP contribution in [0.5, 0.6) is 0 Å². The zero-order chi connectivity index (χ0) is 6.83. The van der Waals surface area contributed by atoms with Crippen LogP contribution < -0.4 is 0 Å². The maximum absolute atomic E-state index is 6.26. The maximum atomic E-state index is 6.26. The van der Waals surface area contributed by atoms with Crippen molar-refractivity contribution in [3.05, 3.63) is 22.9 Å². The summed E-state index contributed by atoms with van der Waals surface area (Å²) >= 11 is 0. The zero-order valence-corrected chi connectivity index (χ0v) is 7.30. The van der Waals surface area contributed by atoms with Crippen LogP contribution >= 0.6 is 0 Å². The van der Waals surface area contributed by atoms with Crippen LogP contribution in [0, 0.1) is 0 Å². The first-order valence-electron chi connectivity index (χ1n) is 2.41. The molecule has 5 heteroatoms. The van der Waals surface area contributed by atoms with Crippen molar-refractivity contribution >= 4 is 0 Å². The fourth-order valence-electron chi connectivity index (χ4n) is 0. The first-order valence-corrected chi connectivity index (χ1v) is 2.41. The smallest absolute Gasteiger partial charge is 0.679 e. The molecule has 0 amide bonds. The minimum atomic E-state index is 0. The van der Waals surface area contributed by atoms with Gasteiger partial charge in [-0.15, -0.1) is 0 Å². The van der Waals surface area contributed by atoms with Crippen molar-refractivity contribution in [3.63, 3.8) is 0 Å². The summed E-state index contributed by atoms with van der Waals surface area (Å²) < 4.78 is 0. The van der Waals surface area contributed by atoms with Gasteiger partial charge in [-0.2, -0.15) is 26.2 Å². The largest absolute Gasteiger partial charge is 3.00 e. The second kappa shape index (κ2) is 23.5. The minimum Gasteiger partial charge on any atom is -0.679 e. The molecule has 0 aliphatic rings. The van der Waals surface area contributed by atoms with Gasteiger partial charge in [-0.05, 0) is 0 Å². The van der Waals surface area contributed by atoms with Crippen LogP contribution in [0.4, 0.5) is 0 Å². The second-order valence-electron chi connectivity index (χ2n) is 1.000. The van der Waals surface area contributed by atoms with Gasteiger partial charge in [-0.3, -0.25) is 0 Å². The predicted molar refractivity (Wildman–Crippen MR) is 36.8 cm³/mol. The van der Waals surface area contributed by atoms with E-state index in [-0.39, 0.29) is 48.6 Å². The molecule has 0 heterocycles. The van der Waals surface area contributed by atoms with Gasteiger partial charge in [0.25, 0.3) is 0 Å². The first kappa shape index (κ1) is 16.3. The Bertz CT molecular complexity index is 20.5. The Kier molecular flexibility index (Phi) is 42.5. The molecule has 0 aliphatic carbocycles. The van der Waals surface area contributed by atoms with Crippen molar-refractivity contribution in [2.24, 2.45) is 0 Å². The Labute approximate surface area is 71.8 Å². The fraction of sp³-hybridized carbons (Fsp3) is 1.00. The standard InChI is InChI=1S/2C2H6N2.Au/c2*3-1-2-4;/h2*3-4H,1-2H2;/q2*-2;+3. The zero-order valence-electron chi connectivity index (χ0n) is 5.13. The molecule has 0 radical (unpaired) electrons. The number of rotatable bonds is 2. The Balaban J connectivity index is -0.0000000720.